The molecule has 8 heteroatoms. The van der Waals surface area contributed by atoms with Gasteiger partial charge in [-0.1, -0.05) is 37.3 Å². The molecule has 0 aliphatic heterocycles. The Labute approximate surface area is 184 Å². The summed E-state index contributed by atoms with van der Waals surface area (Å²) in [4.78, 5) is 10.9. The van der Waals surface area contributed by atoms with Gasteiger partial charge in [0.05, 0.1) is 18.6 Å². The molecular formula is C23H28F3NO3S. The topological polar surface area (TPSA) is 58.6 Å². The Morgan fingerprint density at radius 3 is 2.52 bits per heavy atom. The van der Waals surface area contributed by atoms with Gasteiger partial charge in [0.1, 0.15) is 4.88 Å². The molecule has 3 rings (SSSR count). The van der Waals surface area contributed by atoms with Crippen LogP contribution < -0.4 is 5.32 Å². The molecule has 0 unspecified atom stereocenters. The lowest BCUT2D eigenvalue weighted by atomic mass is 9.87. The van der Waals surface area contributed by atoms with E-state index in [0.717, 1.165) is 43.6 Å². The predicted octanol–water partition coefficient (Wildman–Crippen LogP) is 5.82. The molecule has 0 saturated heterocycles. The number of ether oxygens (including phenoxy) is 1. The van der Waals surface area contributed by atoms with Gasteiger partial charge in [-0.15, -0.1) is 11.3 Å². The van der Waals surface area contributed by atoms with Crippen LogP contribution in [0.25, 0.3) is 11.1 Å². The number of hydrogen-bond acceptors (Lipinski definition) is 4. The summed E-state index contributed by atoms with van der Waals surface area (Å²) >= 11 is 0.759. The number of alkyl halides is 3. The molecule has 0 bridgehead atoms. The zero-order valence-electron chi connectivity index (χ0n) is 17.5. The minimum atomic E-state index is -4.39. The molecule has 1 heterocycles. The summed E-state index contributed by atoms with van der Waals surface area (Å²) in [6, 6.07) is 10.2. The number of carbonyl (C=O) groups is 1. The van der Waals surface area contributed by atoms with E-state index in [0.29, 0.717) is 22.9 Å². The minimum Gasteiger partial charge on any atom is -0.481 e. The molecule has 2 N–H and O–H groups in total. The van der Waals surface area contributed by atoms with Gasteiger partial charge in [0, 0.05) is 17.0 Å². The van der Waals surface area contributed by atoms with Crippen LogP contribution in [0.4, 0.5) is 13.2 Å². The average Bonchev–Trinajstić information content (AvgIpc) is 3.19. The Morgan fingerprint density at radius 2 is 1.90 bits per heavy atom. The molecule has 1 aliphatic rings. The maximum atomic E-state index is 13.5. The molecule has 1 aromatic carbocycles. The van der Waals surface area contributed by atoms with Crippen LogP contribution in [0.3, 0.4) is 0 Å². The molecule has 0 radical (unpaired) electrons. The standard InChI is InChI=1S/C23H28F3NO3S/c1-15(22(28)29)12-27-13-16-7-9-18(10-8-16)30-14-19-11-20(17-5-3-2-4-6-17)21(31-19)23(24,25)26/h2-6,11,15-16,18,27H,7-10,12-14H2,1H3,(H,28,29)/t15-,16?,18?/m1/s1. The van der Waals surface area contributed by atoms with E-state index >= 15 is 0 Å². The Balaban J connectivity index is 1.50. The number of halogens is 3. The number of carboxylic acids is 1. The second kappa shape index (κ2) is 10.6. The van der Waals surface area contributed by atoms with Gasteiger partial charge in [-0.2, -0.15) is 13.2 Å². The molecule has 0 spiro atoms. The SMILES string of the molecule is C[C@H](CNCC1CCC(OCc2cc(-c3ccccc3)c(C(F)(F)F)s2)CC1)C(=O)O. The van der Waals surface area contributed by atoms with Gasteiger partial charge < -0.3 is 15.2 Å². The summed E-state index contributed by atoms with van der Waals surface area (Å²) < 4.78 is 46.5. The molecule has 170 valence electrons. The van der Waals surface area contributed by atoms with Crippen molar-refractivity contribution in [2.24, 2.45) is 11.8 Å². The molecule has 1 aromatic heterocycles. The molecule has 1 fully saturated rings. The first-order valence-corrected chi connectivity index (χ1v) is 11.4. The highest BCUT2D eigenvalue weighted by molar-refractivity contribution is 7.12. The Morgan fingerprint density at radius 1 is 1.23 bits per heavy atom. The van der Waals surface area contributed by atoms with E-state index in [4.69, 9.17) is 9.84 Å². The number of thiophene rings is 1. The van der Waals surface area contributed by atoms with Crippen LogP contribution in [0, 0.1) is 11.8 Å². The van der Waals surface area contributed by atoms with E-state index in [9.17, 15) is 18.0 Å². The van der Waals surface area contributed by atoms with Crippen molar-refractivity contribution in [2.45, 2.75) is 51.5 Å². The number of nitrogens with one attached hydrogen (secondary N) is 1. The van der Waals surface area contributed by atoms with Gasteiger partial charge in [-0.05, 0) is 49.8 Å². The Kier molecular flexibility index (Phi) is 8.13. The number of carboxylic acid groups (broad SMARTS) is 1. The normalized spacial score (nSPS) is 20.5. The molecule has 1 atom stereocenters. The van der Waals surface area contributed by atoms with Crippen molar-refractivity contribution in [3.05, 3.63) is 46.2 Å². The van der Waals surface area contributed by atoms with Gasteiger partial charge in [-0.25, -0.2) is 0 Å². The summed E-state index contributed by atoms with van der Waals surface area (Å²) in [5.41, 5.74) is 0.768. The zero-order valence-corrected chi connectivity index (χ0v) is 18.3. The first-order valence-electron chi connectivity index (χ1n) is 10.5. The van der Waals surface area contributed by atoms with Crippen LogP contribution in [0.2, 0.25) is 0 Å². The molecule has 0 amide bonds. The third-order valence-electron chi connectivity index (χ3n) is 5.69. The lowest BCUT2D eigenvalue weighted by molar-refractivity contribution is -0.141. The molecule has 1 saturated carbocycles. The van der Waals surface area contributed by atoms with Crippen molar-refractivity contribution in [1.29, 1.82) is 0 Å². The summed E-state index contributed by atoms with van der Waals surface area (Å²) in [6.45, 7) is 3.10. The van der Waals surface area contributed by atoms with Crippen LogP contribution in [0.5, 0.6) is 0 Å². The quantitative estimate of drug-likeness (QED) is 0.500. The average molecular weight is 456 g/mol. The van der Waals surface area contributed by atoms with Crippen molar-refractivity contribution in [2.75, 3.05) is 13.1 Å². The monoisotopic (exact) mass is 455 g/mol. The van der Waals surface area contributed by atoms with Crippen molar-refractivity contribution in [3.8, 4) is 11.1 Å². The van der Waals surface area contributed by atoms with Crippen LogP contribution in [0.1, 0.15) is 42.4 Å². The molecule has 4 nitrogen and oxygen atoms in total. The Bertz CT molecular complexity index is 845. The maximum Gasteiger partial charge on any atom is 0.426 e. The van der Waals surface area contributed by atoms with Crippen molar-refractivity contribution in [3.63, 3.8) is 0 Å². The number of hydrogen-bond donors (Lipinski definition) is 2. The first-order chi connectivity index (χ1) is 14.7. The fourth-order valence-electron chi connectivity index (χ4n) is 3.85. The fourth-order valence-corrected chi connectivity index (χ4v) is 4.82. The molecule has 1 aliphatic carbocycles. The van der Waals surface area contributed by atoms with Gasteiger partial charge in [0.2, 0.25) is 0 Å². The van der Waals surface area contributed by atoms with E-state index in [1.807, 2.05) is 0 Å². The lowest BCUT2D eigenvalue weighted by Crippen LogP contribution is -2.33. The molecule has 2 aromatic rings. The highest BCUT2D eigenvalue weighted by Crippen LogP contribution is 2.43. The van der Waals surface area contributed by atoms with E-state index < -0.39 is 22.9 Å². The summed E-state index contributed by atoms with van der Waals surface area (Å²) in [7, 11) is 0. The van der Waals surface area contributed by atoms with E-state index in [1.54, 1.807) is 43.3 Å². The molecule has 31 heavy (non-hydrogen) atoms. The number of benzene rings is 1. The highest BCUT2D eigenvalue weighted by Gasteiger charge is 2.36. The third-order valence-corrected chi connectivity index (χ3v) is 6.84. The summed E-state index contributed by atoms with van der Waals surface area (Å²) in [5, 5.41) is 12.1. The van der Waals surface area contributed by atoms with E-state index in [-0.39, 0.29) is 18.3 Å². The minimum absolute atomic E-state index is 0.0470. The lowest BCUT2D eigenvalue weighted by Gasteiger charge is -2.28. The van der Waals surface area contributed by atoms with Gasteiger partial charge in [0.15, 0.2) is 0 Å². The van der Waals surface area contributed by atoms with Crippen LogP contribution in [-0.2, 0) is 22.3 Å². The fraction of sp³-hybridized carbons (Fsp3) is 0.522. The Hall–Kier alpha value is -1.90. The van der Waals surface area contributed by atoms with Crippen molar-refractivity contribution >= 4 is 17.3 Å². The van der Waals surface area contributed by atoms with Crippen LogP contribution in [0.15, 0.2) is 36.4 Å². The van der Waals surface area contributed by atoms with Crippen molar-refractivity contribution in [1.82, 2.24) is 5.32 Å². The van der Waals surface area contributed by atoms with Crippen LogP contribution >= 0.6 is 11.3 Å². The van der Waals surface area contributed by atoms with Gasteiger partial charge in [-0.3, -0.25) is 4.79 Å². The number of rotatable bonds is 9. The summed E-state index contributed by atoms with van der Waals surface area (Å²) in [5.74, 6) is -0.737. The predicted molar refractivity (Wildman–Crippen MR) is 115 cm³/mol. The van der Waals surface area contributed by atoms with Gasteiger partial charge >= 0.3 is 12.1 Å². The largest absolute Gasteiger partial charge is 0.481 e. The smallest absolute Gasteiger partial charge is 0.426 e. The molecular weight excluding hydrogens is 427 g/mol. The van der Waals surface area contributed by atoms with Crippen molar-refractivity contribution < 1.29 is 27.8 Å². The van der Waals surface area contributed by atoms with E-state index in [1.165, 1.54) is 0 Å². The summed E-state index contributed by atoms with van der Waals surface area (Å²) in [6.07, 6.45) is -0.685. The van der Waals surface area contributed by atoms with E-state index in [2.05, 4.69) is 5.32 Å². The van der Waals surface area contributed by atoms with Gasteiger partial charge in [0.25, 0.3) is 0 Å². The highest BCUT2D eigenvalue weighted by atomic mass is 32.1. The first kappa shape index (κ1) is 23.8. The third kappa shape index (κ3) is 6.79. The second-order valence-corrected chi connectivity index (χ2v) is 9.31. The maximum absolute atomic E-state index is 13.5. The number of aliphatic carboxylic acids is 1. The second-order valence-electron chi connectivity index (χ2n) is 8.17. The zero-order chi connectivity index (χ0) is 22.4. The van der Waals surface area contributed by atoms with Crippen LogP contribution in [-0.4, -0.2) is 30.3 Å².